The van der Waals surface area contributed by atoms with Crippen molar-refractivity contribution < 1.29 is 14.3 Å². The summed E-state index contributed by atoms with van der Waals surface area (Å²) in [6.07, 6.45) is 3.31. The van der Waals surface area contributed by atoms with Crippen molar-refractivity contribution in [2.75, 3.05) is 14.2 Å². The van der Waals surface area contributed by atoms with Crippen LogP contribution in [-0.4, -0.2) is 20.2 Å². The van der Waals surface area contributed by atoms with Gasteiger partial charge in [-0.05, 0) is 19.9 Å². The quantitative estimate of drug-likeness (QED) is 0.279. The number of esters is 1. The van der Waals surface area contributed by atoms with E-state index in [1.807, 2.05) is 0 Å². The van der Waals surface area contributed by atoms with Gasteiger partial charge in [0, 0.05) is 0 Å². The minimum absolute atomic E-state index is 0.353. The molecular weight excluding hydrogens is 156 g/mol. The maximum absolute atomic E-state index is 11.0. The van der Waals surface area contributed by atoms with Crippen molar-refractivity contribution in [3.05, 3.63) is 23.5 Å². The van der Waals surface area contributed by atoms with Gasteiger partial charge in [0.05, 0.1) is 25.6 Å². The van der Waals surface area contributed by atoms with E-state index in [-0.39, 0.29) is 5.97 Å². The molecule has 0 amide bonds. The van der Waals surface area contributed by atoms with Gasteiger partial charge in [-0.1, -0.05) is 6.08 Å². The minimum atomic E-state index is -0.353. The molecule has 0 unspecified atom stereocenters. The Labute approximate surface area is 72.7 Å². The summed E-state index contributed by atoms with van der Waals surface area (Å²) in [5.41, 5.74) is 0.497. The van der Waals surface area contributed by atoms with Crippen molar-refractivity contribution in [3.8, 4) is 0 Å². The molecule has 0 heterocycles. The zero-order valence-electron chi connectivity index (χ0n) is 7.88. The van der Waals surface area contributed by atoms with Crippen molar-refractivity contribution in [1.82, 2.24) is 0 Å². The summed E-state index contributed by atoms with van der Waals surface area (Å²) in [4.78, 5) is 11.0. The molecule has 68 valence electrons. The molecule has 0 radical (unpaired) electrons. The molecule has 0 aliphatic carbocycles. The van der Waals surface area contributed by atoms with E-state index in [0.717, 1.165) is 0 Å². The lowest BCUT2D eigenvalue weighted by atomic mass is 10.2. The Balaban J connectivity index is 4.50. The Morgan fingerprint density at radius 3 is 2.17 bits per heavy atom. The average molecular weight is 170 g/mol. The van der Waals surface area contributed by atoms with Crippen LogP contribution in [0.5, 0.6) is 0 Å². The van der Waals surface area contributed by atoms with Gasteiger partial charge in [-0.2, -0.15) is 0 Å². The van der Waals surface area contributed by atoms with E-state index in [0.29, 0.717) is 11.3 Å². The van der Waals surface area contributed by atoms with E-state index in [4.69, 9.17) is 4.74 Å². The molecule has 0 aromatic carbocycles. The zero-order valence-corrected chi connectivity index (χ0v) is 7.88. The lowest BCUT2D eigenvalue weighted by Crippen LogP contribution is -2.02. The summed E-state index contributed by atoms with van der Waals surface area (Å²) in [5, 5.41) is 0. The predicted molar refractivity (Wildman–Crippen MR) is 46.5 cm³/mol. The molecule has 0 aliphatic rings. The Hall–Kier alpha value is -1.25. The van der Waals surface area contributed by atoms with Gasteiger partial charge in [-0.25, -0.2) is 4.79 Å². The molecule has 12 heavy (non-hydrogen) atoms. The summed E-state index contributed by atoms with van der Waals surface area (Å²) < 4.78 is 9.43. The topological polar surface area (TPSA) is 35.5 Å². The number of carbonyl (C=O) groups is 1. The highest BCUT2D eigenvalue weighted by molar-refractivity contribution is 5.91. The summed E-state index contributed by atoms with van der Waals surface area (Å²) in [6, 6.07) is 0. The number of carbonyl (C=O) groups excluding carboxylic acids is 1. The molecule has 0 saturated heterocycles. The Bertz CT molecular complexity index is 214. The maximum Gasteiger partial charge on any atom is 0.337 e. The number of allylic oxidation sites excluding steroid dienone is 2. The monoisotopic (exact) mass is 170 g/mol. The Kier molecular flexibility index (Phi) is 4.84. The lowest BCUT2D eigenvalue weighted by Gasteiger charge is -2.01. The van der Waals surface area contributed by atoms with E-state index >= 15 is 0 Å². The molecule has 0 saturated carbocycles. The molecule has 0 N–H and O–H groups in total. The maximum atomic E-state index is 11.0. The van der Waals surface area contributed by atoms with Gasteiger partial charge in [-0.15, -0.1) is 0 Å². The molecule has 0 aromatic rings. The number of hydrogen-bond donors (Lipinski definition) is 0. The molecule has 0 spiro atoms. The van der Waals surface area contributed by atoms with E-state index in [1.54, 1.807) is 33.1 Å². The Morgan fingerprint density at radius 2 is 1.83 bits per heavy atom. The van der Waals surface area contributed by atoms with Crippen LogP contribution < -0.4 is 0 Å². The SMILES string of the molecule is CC=C(C=C(C)OC)C(=O)OC. The van der Waals surface area contributed by atoms with Crippen LogP contribution in [-0.2, 0) is 14.3 Å². The third-order valence-corrected chi connectivity index (χ3v) is 1.41. The van der Waals surface area contributed by atoms with Gasteiger partial charge in [0.1, 0.15) is 0 Å². The molecule has 0 aromatic heterocycles. The zero-order chi connectivity index (χ0) is 9.56. The molecule has 3 heteroatoms. The van der Waals surface area contributed by atoms with Gasteiger partial charge < -0.3 is 9.47 Å². The summed E-state index contributed by atoms with van der Waals surface area (Å²) in [6.45, 7) is 3.54. The van der Waals surface area contributed by atoms with Crippen LogP contribution in [0.1, 0.15) is 13.8 Å². The standard InChI is InChI=1S/C9H14O3/c1-5-8(9(10)12-4)6-7(2)11-3/h5-6H,1-4H3. The first kappa shape index (κ1) is 10.8. The van der Waals surface area contributed by atoms with Crippen LogP contribution in [0.15, 0.2) is 23.5 Å². The normalized spacial score (nSPS) is 12.7. The molecular formula is C9H14O3. The first-order chi connectivity index (χ1) is 5.65. The second-order valence-electron chi connectivity index (χ2n) is 2.19. The van der Waals surface area contributed by atoms with Crippen LogP contribution >= 0.6 is 0 Å². The second kappa shape index (κ2) is 5.41. The van der Waals surface area contributed by atoms with Crippen molar-refractivity contribution in [1.29, 1.82) is 0 Å². The molecule has 3 nitrogen and oxygen atoms in total. The summed E-state index contributed by atoms with van der Waals surface area (Å²) in [7, 11) is 2.90. The average Bonchev–Trinajstić information content (AvgIpc) is 2.12. The fourth-order valence-electron chi connectivity index (χ4n) is 0.656. The van der Waals surface area contributed by atoms with E-state index in [1.165, 1.54) is 7.11 Å². The van der Waals surface area contributed by atoms with Gasteiger partial charge >= 0.3 is 5.97 Å². The van der Waals surface area contributed by atoms with E-state index in [9.17, 15) is 4.79 Å². The number of methoxy groups -OCH3 is 2. The van der Waals surface area contributed by atoms with Crippen LogP contribution in [0.4, 0.5) is 0 Å². The van der Waals surface area contributed by atoms with Crippen molar-refractivity contribution in [2.45, 2.75) is 13.8 Å². The van der Waals surface area contributed by atoms with Crippen molar-refractivity contribution in [3.63, 3.8) is 0 Å². The van der Waals surface area contributed by atoms with Gasteiger partial charge in [0.2, 0.25) is 0 Å². The lowest BCUT2D eigenvalue weighted by molar-refractivity contribution is -0.135. The third kappa shape index (κ3) is 3.23. The largest absolute Gasteiger partial charge is 0.501 e. The highest BCUT2D eigenvalue weighted by Crippen LogP contribution is 2.04. The predicted octanol–water partition coefficient (Wildman–Crippen LogP) is 1.66. The van der Waals surface area contributed by atoms with Gasteiger partial charge in [0.15, 0.2) is 0 Å². The van der Waals surface area contributed by atoms with E-state index in [2.05, 4.69) is 4.74 Å². The van der Waals surface area contributed by atoms with Crippen LogP contribution in [0, 0.1) is 0 Å². The van der Waals surface area contributed by atoms with Crippen molar-refractivity contribution in [2.24, 2.45) is 0 Å². The molecule has 0 fully saturated rings. The van der Waals surface area contributed by atoms with E-state index < -0.39 is 0 Å². The summed E-state index contributed by atoms with van der Waals surface area (Å²) in [5.74, 6) is 0.322. The first-order valence-electron chi connectivity index (χ1n) is 3.62. The Morgan fingerprint density at radius 1 is 1.25 bits per heavy atom. The fraction of sp³-hybridized carbons (Fsp3) is 0.444. The molecule has 0 bridgehead atoms. The molecule has 0 aliphatic heterocycles. The highest BCUT2D eigenvalue weighted by Gasteiger charge is 2.04. The number of hydrogen-bond acceptors (Lipinski definition) is 3. The van der Waals surface area contributed by atoms with Crippen LogP contribution in [0.25, 0.3) is 0 Å². The van der Waals surface area contributed by atoms with Crippen LogP contribution in [0.2, 0.25) is 0 Å². The van der Waals surface area contributed by atoms with Crippen molar-refractivity contribution >= 4 is 5.97 Å². The minimum Gasteiger partial charge on any atom is -0.501 e. The smallest absolute Gasteiger partial charge is 0.337 e. The second-order valence-corrected chi connectivity index (χ2v) is 2.19. The van der Waals surface area contributed by atoms with Crippen LogP contribution in [0.3, 0.4) is 0 Å². The van der Waals surface area contributed by atoms with Gasteiger partial charge in [0.25, 0.3) is 0 Å². The summed E-state index contributed by atoms with van der Waals surface area (Å²) >= 11 is 0. The third-order valence-electron chi connectivity index (χ3n) is 1.41. The molecule has 0 rings (SSSR count). The molecule has 0 atom stereocenters. The highest BCUT2D eigenvalue weighted by atomic mass is 16.5. The number of rotatable bonds is 3. The van der Waals surface area contributed by atoms with Gasteiger partial charge in [-0.3, -0.25) is 0 Å². The fourth-order valence-corrected chi connectivity index (χ4v) is 0.656. The first-order valence-corrected chi connectivity index (χ1v) is 3.62. The number of ether oxygens (including phenoxy) is 2.